The molecule has 0 bridgehead atoms. The number of benzene rings is 9. The molecule has 0 spiro atoms. The van der Waals surface area contributed by atoms with Crippen molar-refractivity contribution in [3.63, 3.8) is 0 Å². The van der Waals surface area contributed by atoms with E-state index in [0.29, 0.717) is 0 Å². The van der Waals surface area contributed by atoms with Gasteiger partial charge in [-0.25, -0.2) is 0 Å². The second-order valence-electron chi connectivity index (χ2n) is 14.8. The van der Waals surface area contributed by atoms with Gasteiger partial charge in [0.05, 0.1) is 5.41 Å². The number of para-hydroxylation sites is 1. The Morgan fingerprint density at radius 2 is 0.877 bits per heavy atom. The lowest BCUT2D eigenvalue weighted by Crippen LogP contribution is -2.28. The third-order valence-electron chi connectivity index (χ3n) is 11.8. The van der Waals surface area contributed by atoms with Gasteiger partial charge in [-0.05, 0) is 104 Å². The van der Waals surface area contributed by atoms with Gasteiger partial charge < -0.3 is 9.32 Å². The molecule has 0 fully saturated rings. The van der Waals surface area contributed by atoms with Gasteiger partial charge in [-0.1, -0.05) is 176 Å². The molecule has 1 aliphatic carbocycles. The Labute approximate surface area is 332 Å². The monoisotopic (exact) mass is 727 g/mol. The van der Waals surface area contributed by atoms with Crippen molar-refractivity contribution < 1.29 is 4.42 Å². The summed E-state index contributed by atoms with van der Waals surface area (Å²) >= 11 is 0. The Morgan fingerprint density at radius 3 is 1.60 bits per heavy atom. The first-order valence-corrected chi connectivity index (χ1v) is 19.6. The van der Waals surface area contributed by atoms with Crippen LogP contribution in [0.1, 0.15) is 22.3 Å². The maximum absolute atomic E-state index is 6.83. The van der Waals surface area contributed by atoms with Crippen molar-refractivity contribution in [3.05, 3.63) is 247 Å². The highest BCUT2D eigenvalue weighted by Gasteiger charge is 2.46. The van der Waals surface area contributed by atoms with Gasteiger partial charge >= 0.3 is 0 Å². The number of hydrogen-bond acceptors (Lipinski definition) is 2. The van der Waals surface area contributed by atoms with Gasteiger partial charge in [-0.3, -0.25) is 0 Å². The fourth-order valence-corrected chi connectivity index (χ4v) is 9.28. The van der Waals surface area contributed by atoms with E-state index in [0.717, 1.165) is 50.1 Å². The zero-order valence-electron chi connectivity index (χ0n) is 31.2. The van der Waals surface area contributed by atoms with Gasteiger partial charge in [-0.2, -0.15) is 0 Å². The normalized spacial score (nSPS) is 12.7. The largest absolute Gasteiger partial charge is 0.456 e. The molecule has 9 aromatic carbocycles. The maximum Gasteiger partial charge on any atom is 0.136 e. The van der Waals surface area contributed by atoms with Crippen LogP contribution in [0.3, 0.4) is 0 Å². The Balaban J connectivity index is 1.05. The van der Waals surface area contributed by atoms with Crippen LogP contribution in [0.5, 0.6) is 0 Å². The third-order valence-corrected chi connectivity index (χ3v) is 11.8. The zero-order valence-corrected chi connectivity index (χ0v) is 31.2. The van der Waals surface area contributed by atoms with Gasteiger partial charge in [0.2, 0.25) is 0 Å². The van der Waals surface area contributed by atoms with E-state index in [-0.39, 0.29) is 0 Å². The summed E-state index contributed by atoms with van der Waals surface area (Å²) in [7, 11) is 0. The van der Waals surface area contributed by atoms with Crippen LogP contribution in [0.4, 0.5) is 17.1 Å². The molecule has 11 rings (SSSR count). The van der Waals surface area contributed by atoms with E-state index in [1.807, 2.05) is 0 Å². The first-order valence-electron chi connectivity index (χ1n) is 19.6. The molecule has 1 aromatic heterocycles. The number of anilines is 3. The summed E-state index contributed by atoms with van der Waals surface area (Å²) in [5.41, 5.74) is 16.8. The average Bonchev–Trinajstić information content (AvgIpc) is 3.82. The molecule has 10 aromatic rings. The molecule has 0 radical (unpaired) electrons. The molecular weight excluding hydrogens is 691 g/mol. The zero-order chi connectivity index (χ0) is 37.8. The second kappa shape index (κ2) is 13.4. The van der Waals surface area contributed by atoms with Crippen molar-refractivity contribution in [2.75, 3.05) is 4.90 Å². The summed E-state index contributed by atoms with van der Waals surface area (Å²) in [6.45, 7) is 0. The molecule has 0 saturated heterocycles. The quantitative estimate of drug-likeness (QED) is 0.163. The highest BCUT2D eigenvalue weighted by molar-refractivity contribution is 6.13. The van der Waals surface area contributed by atoms with Crippen LogP contribution >= 0.6 is 0 Å². The standard InChI is InChI=1S/C55H37NO/c1-4-16-38(17-5-1)39-30-33-44(34-31-39)56(43-21-8-3-9-22-43)45-23-14-18-40(36-45)46-26-15-29-52-54(46)49-35-32-42(37-53(49)57-52)55(41-19-6-2-7-20-41)50-27-12-10-24-47(50)48-25-11-13-28-51(48)55/h1-37H. The molecule has 0 atom stereocenters. The van der Waals surface area contributed by atoms with Gasteiger partial charge in [0.15, 0.2) is 0 Å². The molecule has 0 saturated carbocycles. The first kappa shape index (κ1) is 33.0. The number of rotatable bonds is 7. The SMILES string of the molecule is c1ccc(-c2ccc(N(c3ccccc3)c3cccc(-c4cccc5oc6cc(C7(c8ccccc8)c8ccccc8-c8ccccc87)ccc6c45)c3)cc2)cc1. The molecule has 57 heavy (non-hydrogen) atoms. The highest BCUT2D eigenvalue weighted by Crippen LogP contribution is 2.56. The Hall–Kier alpha value is -7.42. The first-order chi connectivity index (χ1) is 28.3. The van der Waals surface area contributed by atoms with Crippen molar-refractivity contribution in [2.45, 2.75) is 5.41 Å². The maximum atomic E-state index is 6.83. The van der Waals surface area contributed by atoms with Crippen molar-refractivity contribution in [3.8, 4) is 33.4 Å². The highest BCUT2D eigenvalue weighted by atomic mass is 16.3. The minimum atomic E-state index is -0.487. The Morgan fingerprint density at radius 1 is 0.333 bits per heavy atom. The van der Waals surface area contributed by atoms with Crippen LogP contribution in [-0.2, 0) is 5.41 Å². The molecule has 0 unspecified atom stereocenters. The van der Waals surface area contributed by atoms with E-state index in [2.05, 4.69) is 229 Å². The summed E-state index contributed by atoms with van der Waals surface area (Å²) in [5, 5.41) is 2.23. The van der Waals surface area contributed by atoms with E-state index in [4.69, 9.17) is 4.42 Å². The third kappa shape index (κ3) is 5.26. The molecule has 0 aliphatic heterocycles. The number of furan rings is 1. The number of nitrogens with zero attached hydrogens (tertiary/aromatic N) is 1. The molecule has 1 aliphatic rings. The van der Waals surface area contributed by atoms with Crippen LogP contribution in [0, 0.1) is 0 Å². The topological polar surface area (TPSA) is 16.4 Å². The second-order valence-corrected chi connectivity index (χ2v) is 14.8. The summed E-state index contributed by atoms with van der Waals surface area (Å²) < 4.78 is 6.83. The Bertz CT molecular complexity index is 3010. The van der Waals surface area contributed by atoms with Gasteiger partial charge in [0.1, 0.15) is 11.2 Å². The molecule has 2 nitrogen and oxygen atoms in total. The predicted molar refractivity (Wildman–Crippen MR) is 237 cm³/mol. The van der Waals surface area contributed by atoms with E-state index in [1.54, 1.807) is 0 Å². The lowest BCUT2D eigenvalue weighted by molar-refractivity contribution is 0.665. The van der Waals surface area contributed by atoms with Gasteiger partial charge in [0, 0.05) is 27.8 Å². The summed E-state index contributed by atoms with van der Waals surface area (Å²) in [6, 6.07) is 80.9. The molecule has 2 heteroatoms. The van der Waals surface area contributed by atoms with E-state index >= 15 is 0 Å². The van der Waals surface area contributed by atoms with Crippen molar-refractivity contribution in [2.24, 2.45) is 0 Å². The molecule has 0 N–H and O–H groups in total. The molecule has 268 valence electrons. The minimum absolute atomic E-state index is 0.487. The van der Waals surface area contributed by atoms with Gasteiger partial charge in [0.25, 0.3) is 0 Å². The number of fused-ring (bicyclic) bond motifs is 6. The van der Waals surface area contributed by atoms with Crippen LogP contribution in [-0.4, -0.2) is 0 Å². The fraction of sp³-hybridized carbons (Fsp3) is 0.0182. The van der Waals surface area contributed by atoms with E-state index in [1.165, 1.54) is 44.5 Å². The predicted octanol–water partition coefficient (Wildman–Crippen LogP) is 14.8. The lowest BCUT2D eigenvalue weighted by Gasteiger charge is -2.33. The fourth-order valence-electron chi connectivity index (χ4n) is 9.28. The average molecular weight is 728 g/mol. The van der Waals surface area contributed by atoms with Crippen LogP contribution in [0.25, 0.3) is 55.3 Å². The van der Waals surface area contributed by atoms with Crippen LogP contribution in [0.15, 0.2) is 229 Å². The lowest BCUT2D eigenvalue weighted by atomic mass is 9.67. The van der Waals surface area contributed by atoms with Crippen molar-refractivity contribution in [1.82, 2.24) is 0 Å². The van der Waals surface area contributed by atoms with Gasteiger partial charge in [-0.15, -0.1) is 0 Å². The van der Waals surface area contributed by atoms with Crippen LogP contribution < -0.4 is 4.90 Å². The summed E-state index contributed by atoms with van der Waals surface area (Å²) in [6.07, 6.45) is 0. The molecular formula is C55H37NO. The molecule has 0 amide bonds. The summed E-state index contributed by atoms with van der Waals surface area (Å²) in [5.74, 6) is 0. The van der Waals surface area contributed by atoms with E-state index in [9.17, 15) is 0 Å². The summed E-state index contributed by atoms with van der Waals surface area (Å²) in [4.78, 5) is 2.33. The van der Waals surface area contributed by atoms with Crippen LogP contribution in [0.2, 0.25) is 0 Å². The van der Waals surface area contributed by atoms with Crippen molar-refractivity contribution in [1.29, 1.82) is 0 Å². The smallest absolute Gasteiger partial charge is 0.136 e. The number of hydrogen-bond donors (Lipinski definition) is 0. The minimum Gasteiger partial charge on any atom is -0.456 e. The van der Waals surface area contributed by atoms with E-state index < -0.39 is 5.41 Å². The molecule has 1 heterocycles. The van der Waals surface area contributed by atoms with Crippen molar-refractivity contribution >= 4 is 39.0 Å². The Kier molecular flexibility index (Phi) is 7.75.